The first-order valence-electron chi connectivity index (χ1n) is 6.08. The molecule has 0 saturated heterocycles. The highest BCUT2D eigenvalue weighted by Crippen LogP contribution is 2.25. The molecule has 20 heavy (non-hydrogen) atoms. The highest BCUT2D eigenvalue weighted by Gasteiger charge is 2.17. The fourth-order valence-corrected chi connectivity index (χ4v) is 3.23. The molecule has 0 aliphatic carbocycles. The van der Waals surface area contributed by atoms with Crippen LogP contribution in [0.4, 0.5) is 5.69 Å². The Morgan fingerprint density at radius 3 is 2.35 bits per heavy atom. The number of benzene rings is 2. The first-order valence-corrected chi connectivity index (χ1v) is 7.67. The number of aromatic hydroxyl groups is 1. The number of rotatable bonds is 3. The van der Waals surface area contributed by atoms with Crippen LogP contribution in [0.25, 0.3) is 0 Å². The Bertz CT molecular complexity index is 623. The molecule has 0 atom stereocenters. The summed E-state index contributed by atoms with van der Waals surface area (Å²) < 4.78 is 1.67. The predicted octanol–water partition coefficient (Wildman–Crippen LogP) is 4.58. The molecule has 0 aliphatic rings. The van der Waals surface area contributed by atoms with E-state index in [1.165, 1.54) is 0 Å². The van der Waals surface area contributed by atoms with Crippen LogP contribution in [0.2, 0.25) is 0 Å². The zero-order chi connectivity index (χ0) is 14.7. The maximum Gasteiger partial charge on any atom is 0.258 e. The third kappa shape index (κ3) is 3.41. The van der Waals surface area contributed by atoms with E-state index >= 15 is 0 Å². The summed E-state index contributed by atoms with van der Waals surface area (Å²) in [4.78, 5) is 14.2. The number of phenolic OH excluding ortho intramolecular Hbond substituents is 1. The molecule has 3 nitrogen and oxygen atoms in total. The van der Waals surface area contributed by atoms with Crippen LogP contribution in [0.3, 0.4) is 0 Å². The molecule has 2 aromatic rings. The summed E-state index contributed by atoms with van der Waals surface area (Å²) >= 11 is 6.76. The quantitative estimate of drug-likeness (QED) is 0.821. The molecule has 0 saturated carbocycles. The van der Waals surface area contributed by atoms with Gasteiger partial charge < -0.3 is 10.0 Å². The van der Waals surface area contributed by atoms with Gasteiger partial charge in [0.2, 0.25) is 0 Å². The molecule has 0 bridgehead atoms. The number of hydrogen-bond donors (Lipinski definition) is 1. The molecule has 0 spiro atoms. The molecule has 0 aromatic heterocycles. The second kappa shape index (κ2) is 6.41. The molecule has 2 aromatic carbocycles. The van der Waals surface area contributed by atoms with Crippen LogP contribution in [0.5, 0.6) is 5.75 Å². The average Bonchev–Trinajstić information content (AvgIpc) is 2.38. The SMILES string of the molecule is CCN(C(=O)c1cc(Br)cc(Br)c1)c1cccc(O)c1. The number of amides is 1. The van der Waals surface area contributed by atoms with Crippen molar-refractivity contribution in [2.24, 2.45) is 0 Å². The van der Waals surface area contributed by atoms with Gasteiger partial charge in [-0.2, -0.15) is 0 Å². The van der Waals surface area contributed by atoms with E-state index in [9.17, 15) is 9.90 Å². The number of nitrogens with zero attached hydrogens (tertiary/aromatic N) is 1. The van der Waals surface area contributed by atoms with E-state index in [-0.39, 0.29) is 11.7 Å². The second-order valence-electron chi connectivity index (χ2n) is 4.23. The van der Waals surface area contributed by atoms with Crippen LogP contribution in [-0.2, 0) is 0 Å². The van der Waals surface area contributed by atoms with E-state index in [1.807, 2.05) is 13.0 Å². The molecule has 0 radical (unpaired) electrons. The van der Waals surface area contributed by atoms with Crippen molar-refractivity contribution in [3.05, 3.63) is 57.0 Å². The monoisotopic (exact) mass is 397 g/mol. The summed E-state index contributed by atoms with van der Waals surface area (Å²) in [6.07, 6.45) is 0. The topological polar surface area (TPSA) is 40.5 Å². The van der Waals surface area contributed by atoms with Crippen LogP contribution in [-0.4, -0.2) is 17.6 Å². The van der Waals surface area contributed by atoms with Gasteiger partial charge in [-0.05, 0) is 37.3 Å². The average molecular weight is 399 g/mol. The highest BCUT2D eigenvalue weighted by molar-refractivity contribution is 9.11. The minimum absolute atomic E-state index is 0.111. The van der Waals surface area contributed by atoms with Gasteiger partial charge in [0.15, 0.2) is 0 Å². The Morgan fingerprint density at radius 2 is 1.80 bits per heavy atom. The maximum absolute atomic E-state index is 12.6. The third-order valence-electron chi connectivity index (χ3n) is 2.81. The molecular weight excluding hydrogens is 386 g/mol. The normalized spacial score (nSPS) is 10.3. The van der Waals surface area contributed by atoms with Gasteiger partial charge >= 0.3 is 0 Å². The van der Waals surface area contributed by atoms with E-state index in [4.69, 9.17) is 0 Å². The summed E-state index contributed by atoms with van der Waals surface area (Å²) in [5.74, 6) is 0.0317. The van der Waals surface area contributed by atoms with Gasteiger partial charge in [0.25, 0.3) is 5.91 Å². The number of hydrogen-bond acceptors (Lipinski definition) is 2. The Labute approximate surface area is 134 Å². The van der Waals surface area contributed by atoms with Crippen molar-refractivity contribution in [1.29, 1.82) is 0 Å². The lowest BCUT2D eigenvalue weighted by Crippen LogP contribution is -2.30. The first-order chi connectivity index (χ1) is 9.51. The van der Waals surface area contributed by atoms with Crippen molar-refractivity contribution in [3.8, 4) is 5.75 Å². The van der Waals surface area contributed by atoms with Crippen molar-refractivity contribution >= 4 is 43.5 Å². The van der Waals surface area contributed by atoms with Crippen molar-refractivity contribution in [3.63, 3.8) is 0 Å². The zero-order valence-electron chi connectivity index (χ0n) is 10.8. The van der Waals surface area contributed by atoms with Crippen LogP contribution in [0, 0.1) is 0 Å². The fraction of sp³-hybridized carbons (Fsp3) is 0.133. The Morgan fingerprint density at radius 1 is 1.15 bits per heavy atom. The molecule has 5 heteroatoms. The molecule has 0 heterocycles. The molecule has 104 valence electrons. The Hall–Kier alpha value is -1.33. The molecule has 0 fully saturated rings. The van der Waals surface area contributed by atoms with E-state index in [1.54, 1.807) is 41.3 Å². The second-order valence-corrected chi connectivity index (χ2v) is 6.06. The van der Waals surface area contributed by atoms with Gasteiger partial charge in [-0.15, -0.1) is 0 Å². The van der Waals surface area contributed by atoms with Gasteiger partial charge in [-0.25, -0.2) is 0 Å². The Balaban J connectivity index is 2.38. The summed E-state index contributed by atoms with van der Waals surface area (Å²) in [6.45, 7) is 2.42. The van der Waals surface area contributed by atoms with Gasteiger partial charge in [-0.1, -0.05) is 37.9 Å². The Kier molecular flexibility index (Phi) is 4.83. The number of halogens is 2. The van der Waals surface area contributed by atoms with Crippen molar-refractivity contribution in [1.82, 2.24) is 0 Å². The van der Waals surface area contributed by atoms with Crippen molar-refractivity contribution in [2.75, 3.05) is 11.4 Å². The molecular formula is C15H13Br2NO2. The van der Waals surface area contributed by atoms with Gasteiger partial charge in [-0.3, -0.25) is 4.79 Å². The van der Waals surface area contributed by atoms with Crippen LogP contribution >= 0.6 is 31.9 Å². The predicted molar refractivity (Wildman–Crippen MR) is 87.3 cm³/mol. The minimum atomic E-state index is -0.111. The highest BCUT2D eigenvalue weighted by atomic mass is 79.9. The van der Waals surface area contributed by atoms with Gasteiger partial charge in [0, 0.05) is 32.8 Å². The number of anilines is 1. The zero-order valence-corrected chi connectivity index (χ0v) is 14.0. The lowest BCUT2D eigenvalue weighted by molar-refractivity contribution is 0.0988. The largest absolute Gasteiger partial charge is 0.508 e. The van der Waals surface area contributed by atoms with Crippen molar-refractivity contribution in [2.45, 2.75) is 6.92 Å². The lowest BCUT2D eigenvalue weighted by atomic mass is 10.2. The minimum Gasteiger partial charge on any atom is -0.508 e. The summed E-state index contributed by atoms with van der Waals surface area (Å²) in [7, 11) is 0. The summed E-state index contributed by atoms with van der Waals surface area (Å²) in [5, 5.41) is 9.55. The van der Waals surface area contributed by atoms with Gasteiger partial charge in [0.05, 0.1) is 0 Å². The molecule has 1 N–H and O–H groups in total. The van der Waals surface area contributed by atoms with E-state index in [0.717, 1.165) is 8.95 Å². The van der Waals surface area contributed by atoms with Crippen LogP contribution in [0.1, 0.15) is 17.3 Å². The number of carbonyl (C=O) groups is 1. The van der Waals surface area contributed by atoms with E-state index in [0.29, 0.717) is 17.8 Å². The summed E-state index contributed by atoms with van der Waals surface area (Å²) in [6, 6.07) is 12.1. The molecule has 0 unspecified atom stereocenters. The summed E-state index contributed by atoms with van der Waals surface area (Å²) in [5.41, 5.74) is 1.25. The van der Waals surface area contributed by atoms with Crippen LogP contribution in [0.15, 0.2) is 51.4 Å². The molecule has 2 rings (SSSR count). The van der Waals surface area contributed by atoms with E-state index in [2.05, 4.69) is 31.9 Å². The third-order valence-corrected chi connectivity index (χ3v) is 3.73. The lowest BCUT2D eigenvalue weighted by Gasteiger charge is -2.21. The van der Waals surface area contributed by atoms with Crippen molar-refractivity contribution < 1.29 is 9.90 Å². The standard InChI is InChI=1S/C15H13Br2NO2/c1-2-18(13-4-3-5-14(19)9-13)15(20)10-6-11(16)8-12(17)7-10/h3-9,19H,2H2,1H3. The number of carbonyl (C=O) groups excluding carboxylic acids is 1. The first kappa shape index (κ1) is 15.1. The smallest absolute Gasteiger partial charge is 0.258 e. The molecule has 0 aliphatic heterocycles. The van der Waals surface area contributed by atoms with Gasteiger partial charge in [0.1, 0.15) is 5.75 Å². The van der Waals surface area contributed by atoms with Crippen LogP contribution < -0.4 is 4.90 Å². The maximum atomic E-state index is 12.6. The molecule has 1 amide bonds. The fourth-order valence-electron chi connectivity index (χ4n) is 1.94. The number of phenols is 1. The van der Waals surface area contributed by atoms with E-state index < -0.39 is 0 Å².